The van der Waals surface area contributed by atoms with Crippen LogP contribution >= 0.6 is 0 Å². The van der Waals surface area contributed by atoms with Crippen LogP contribution in [-0.2, 0) is 25.5 Å². The van der Waals surface area contributed by atoms with E-state index in [9.17, 15) is 14.4 Å². The molecule has 0 heterocycles. The molecule has 1 aliphatic rings. The molecule has 31 heavy (non-hydrogen) atoms. The quantitative estimate of drug-likeness (QED) is 0.439. The molecule has 164 valence electrons. The largest absolute Gasteiger partial charge is 0.442 e. The Hall–Kier alpha value is -2.95. The van der Waals surface area contributed by atoms with E-state index in [1.54, 1.807) is 42.5 Å². The number of ether oxygens (including phenoxy) is 2. The molecule has 5 nitrogen and oxygen atoms in total. The Morgan fingerprint density at radius 2 is 1.55 bits per heavy atom. The third kappa shape index (κ3) is 6.51. The summed E-state index contributed by atoms with van der Waals surface area (Å²) in [6, 6.07) is 15.8. The first-order valence-corrected chi connectivity index (χ1v) is 11.0. The molecular weight excluding hydrogens is 392 g/mol. The van der Waals surface area contributed by atoms with Crippen molar-refractivity contribution in [3.63, 3.8) is 0 Å². The van der Waals surface area contributed by atoms with Gasteiger partial charge in [-0.1, -0.05) is 75.6 Å². The summed E-state index contributed by atoms with van der Waals surface area (Å²) in [5.41, 5.74) is 1.94. The van der Waals surface area contributed by atoms with E-state index in [0.29, 0.717) is 17.0 Å². The molecule has 0 spiro atoms. The van der Waals surface area contributed by atoms with Crippen LogP contribution in [0.1, 0.15) is 73.5 Å². The number of carbonyl (C=O) groups excluding carboxylic acids is 3. The lowest BCUT2D eigenvalue weighted by atomic mass is 9.89. The lowest BCUT2D eigenvalue weighted by Gasteiger charge is -2.21. The normalized spacial score (nSPS) is 15.3. The predicted molar refractivity (Wildman–Crippen MR) is 117 cm³/mol. The van der Waals surface area contributed by atoms with Gasteiger partial charge in [0.2, 0.25) is 6.10 Å². The van der Waals surface area contributed by atoms with Crippen molar-refractivity contribution in [2.24, 2.45) is 11.8 Å². The van der Waals surface area contributed by atoms with E-state index >= 15 is 0 Å². The van der Waals surface area contributed by atoms with Crippen LogP contribution in [0.15, 0.2) is 54.6 Å². The molecule has 0 saturated heterocycles. The first kappa shape index (κ1) is 22.7. The fourth-order valence-electron chi connectivity index (χ4n) is 3.88. The topological polar surface area (TPSA) is 69.7 Å². The number of carbonyl (C=O) groups is 3. The molecule has 0 aliphatic heterocycles. The summed E-state index contributed by atoms with van der Waals surface area (Å²) in [5.74, 6) is -1.77. The minimum absolute atomic E-state index is 0.265. The molecule has 0 amide bonds. The Labute approximate surface area is 183 Å². The summed E-state index contributed by atoms with van der Waals surface area (Å²) in [4.78, 5) is 38.0. The van der Waals surface area contributed by atoms with Gasteiger partial charge in [0.25, 0.3) is 0 Å². The van der Waals surface area contributed by atoms with E-state index in [2.05, 4.69) is 13.8 Å². The third-order valence-corrected chi connectivity index (χ3v) is 5.51. The van der Waals surface area contributed by atoms with Crippen molar-refractivity contribution >= 4 is 17.9 Å². The van der Waals surface area contributed by atoms with Gasteiger partial charge in [-0.3, -0.25) is 4.79 Å². The van der Waals surface area contributed by atoms with E-state index in [1.807, 2.05) is 12.1 Å². The third-order valence-electron chi connectivity index (χ3n) is 5.51. The summed E-state index contributed by atoms with van der Waals surface area (Å²) in [6.45, 7) is 4.26. The number of esters is 3. The zero-order valence-corrected chi connectivity index (χ0v) is 18.2. The second-order valence-corrected chi connectivity index (χ2v) is 8.57. The van der Waals surface area contributed by atoms with Gasteiger partial charge in [-0.15, -0.1) is 0 Å². The molecule has 1 fully saturated rings. The molecule has 0 aromatic heterocycles. The minimum atomic E-state index is -1.29. The van der Waals surface area contributed by atoms with Gasteiger partial charge in [0.05, 0.1) is 11.5 Å². The average Bonchev–Trinajstić information content (AvgIpc) is 2.78. The van der Waals surface area contributed by atoms with Crippen LogP contribution in [0.25, 0.3) is 0 Å². The Morgan fingerprint density at radius 3 is 2.16 bits per heavy atom. The second kappa shape index (κ2) is 10.9. The molecule has 3 rings (SSSR count). The van der Waals surface area contributed by atoms with Gasteiger partial charge >= 0.3 is 17.9 Å². The fourth-order valence-corrected chi connectivity index (χ4v) is 3.88. The van der Waals surface area contributed by atoms with Crippen LogP contribution in [-0.4, -0.2) is 17.9 Å². The summed E-state index contributed by atoms with van der Waals surface area (Å²) in [5, 5.41) is 0. The molecule has 1 unspecified atom stereocenters. The van der Waals surface area contributed by atoms with Crippen molar-refractivity contribution in [3.8, 4) is 0 Å². The fraction of sp³-hybridized carbons (Fsp3) is 0.423. The van der Waals surface area contributed by atoms with Crippen LogP contribution in [0.5, 0.6) is 0 Å². The Morgan fingerprint density at radius 1 is 0.903 bits per heavy atom. The van der Waals surface area contributed by atoms with Crippen LogP contribution in [0.3, 0.4) is 0 Å². The monoisotopic (exact) mass is 422 g/mol. The number of hydrogen-bond donors (Lipinski definition) is 0. The maximum Gasteiger partial charge on any atom is 0.359 e. The van der Waals surface area contributed by atoms with Crippen molar-refractivity contribution in [1.82, 2.24) is 0 Å². The number of rotatable bonds is 7. The van der Waals surface area contributed by atoms with Crippen molar-refractivity contribution in [3.05, 3.63) is 71.3 Å². The summed E-state index contributed by atoms with van der Waals surface area (Å²) < 4.78 is 10.7. The average molecular weight is 423 g/mol. The Balaban J connectivity index is 1.72. The molecule has 0 N–H and O–H groups in total. The van der Waals surface area contributed by atoms with Gasteiger partial charge < -0.3 is 9.47 Å². The molecule has 1 saturated carbocycles. The zero-order valence-electron chi connectivity index (χ0n) is 18.2. The standard InChI is InChI=1S/C26H30O5/c1-18(2)17-19-13-15-22(16-14-19)24(27)30-23(20-9-5-3-6-10-20)26(29)31-25(28)21-11-7-4-8-12-21/h3,5-6,9-10,13-16,18,21,23H,4,7-8,11-12,17H2,1-2H3. The van der Waals surface area contributed by atoms with Crippen molar-refractivity contribution in [2.75, 3.05) is 0 Å². The van der Waals surface area contributed by atoms with Crippen LogP contribution in [0.4, 0.5) is 0 Å². The molecule has 1 aliphatic carbocycles. The van der Waals surface area contributed by atoms with Gasteiger partial charge in [-0.25, -0.2) is 9.59 Å². The van der Waals surface area contributed by atoms with Crippen LogP contribution in [0, 0.1) is 11.8 Å². The number of hydrogen-bond acceptors (Lipinski definition) is 5. The van der Waals surface area contributed by atoms with E-state index in [1.165, 1.54) is 0 Å². The Kier molecular flexibility index (Phi) is 7.99. The van der Waals surface area contributed by atoms with E-state index < -0.39 is 24.0 Å². The highest BCUT2D eigenvalue weighted by Crippen LogP contribution is 2.27. The highest BCUT2D eigenvalue weighted by molar-refractivity contribution is 5.94. The van der Waals surface area contributed by atoms with Crippen LogP contribution < -0.4 is 0 Å². The molecule has 0 radical (unpaired) electrons. The lowest BCUT2D eigenvalue weighted by Crippen LogP contribution is -2.28. The van der Waals surface area contributed by atoms with E-state index in [0.717, 1.165) is 44.1 Å². The molecule has 2 aromatic carbocycles. The molecule has 1 atom stereocenters. The molecule has 0 bridgehead atoms. The first-order chi connectivity index (χ1) is 14.9. The molecule has 2 aromatic rings. The van der Waals surface area contributed by atoms with Gasteiger partial charge in [0.1, 0.15) is 0 Å². The summed E-state index contributed by atoms with van der Waals surface area (Å²) in [7, 11) is 0. The summed E-state index contributed by atoms with van der Waals surface area (Å²) >= 11 is 0. The second-order valence-electron chi connectivity index (χ2n) is 8.57. The maximum absolute atomic E-state index is 12.8. The highest BCUT2D eigenvalue weighted by atomic mass is 16.6. The van der Waals surface area contributed by atoms with Gasteiger partial charge in [0.15, 0.2) is 0 Å². The first-order valence-electron chi connectivity index (χ1n) is 11.0. The SMILES string of the molecule is CC(C)Cc1ccc(C(=O)OC(C(=O)OC(=O)C2CCCCC2)c2ccccc2)cc1. The van der Waals surface area contributed by atoms with Crippen LogP contribution in [0.2, 0.25) is 0 Å². The molecular formula is C26H30O5. The van der Waals surface area contributed by atoms with Crippen molar-refractivity contribution < 1.29 is 23.9 Å². The lowest BCUT2D eigenvalue weighted by molar-refractivity contribution is -0.169. The van der Waals surface area contributed by atoms with Crippen molar-refractivity contribution in [1.29, 1.82) is 0 Å². The number of benzene rings is 2. The highest BCUT2D eigenvalue weighted by Gasteiger charge is 2.32. The van der Waals surface area contributed by atoms with Gasteiger partial charge in [0, 0.05) is 5.56 Å². The van der Waals surface area contributed by atoms with Gasteiger partial charge in [-0.2, -0.15) is 0 Å². The van der Waals surface area contributed by atoms with Crippen molar-refractivity contribution in [2.45, 2.75) is 58.5 Å². The zero-order chi connectivity index (χ0) is 22.2. The summed E-state index contributed by atoms with van der Waals surface area (Å²) in [6.07, 6.45) is 4.08. The maximum atomic E-state index is 12.8. The Bertz CT molecular complexity index is 880. The molecule has 5 heteroatoms. The smallest absolute Gasteiger partial charge is 0.359 e. The predicted octanol–water partition coefficient (Wildman–Crippen LogP) is 5.43. The van der Waals surface area contributed by atoms with Gasteiger partial charge in [-0.05, 0) is 42.9 Å². The minimum Gasteiger partial charge on any atom is -0.442 e. The van der Waals surface area contributed by atoms with E-state index in [4.69, 9.17) is 9.47 Å². The van der Waals surface area contributed by atoms with E-state index in [-0.39, 0.29) is 5.92 Å².